The second-order valence-corrected chi connectivity index (χ2v) is 5.52. The van der Waals surface area contributed by atoms with E-state index >= 15 is 0 Å². The highest BCUT2D eigenvalue weighted by Gasteiger charge is 2.20. The highest BCUT2D eigenvalue weighted by Crippen LogP contribution is 2.24. The second kappa shape index (κ2) is 6.26. The van der Waals surface area contributed by atoms with Gasteiger partial charge in [0.15, 0.2) is 0 Å². The normalized spacial score (nSPS) is 23.7. The molecule has 4 nitrogen and oxygen atoms in total. The van der Waals surface area contributed by atoms with Gasteiger partial charge in [0.1, 0.15) is 0 Å². The number of rotatable bonds is 3. The molecule has 0 saturated heterocycles. The van der Waals surface area contributed by atoms with Gasteiger partial charge in [-0.05, 0) is 31.0 Å². The number of nitrogens with one attached hydrogen (secondary N) is 1. The van der Waals surface area contributed by atoms with Gasteiger partial charge in [0, 0.05) is 17.8 Å². The minimum Gasteiger partial charge on any atom is -0.381 e. The highest BCUT2D eigenvalue weighted by atomic mass is 35.5. The fraction of sp³-hybridized carbons (Fsp3) is 0.500. The number of amides is 1. The van der Waals surface area contributed by atoms with Crippen molar-refractivity contribution in [3.8, 4) is 0 Å². The van der Waals surface area contributed by atoms with Crippen LogP contribution in [0.5, 0.6) is 0 Å². The Kier molecular flexibility index (Phi) is 4.66. The first-order chi connectivity index (χ1) is 9.08. The van der Waals surface area contributed by atoms with E-state index in [-0.39, 0.29) is 12.1 Å². The maximum atomic E-state index is 11.1. The molecular formula is C14H20ClN3O. The number of carbonyl (C=O) groups excluding carboxylic acids is 1. The third-order valence-corrected chi connectivity index (χ3v) is 3.97. The van der Waals surface area contributed by atoms with Crippen molar-refractivity contribution in [1.82, 2.24) is 0 Å². The molecule has 2 unspecified atom stereocenters. The van der Waals surface area contributed by atoms with Gasteiger partial charge in [-0.25, -0.2) is 0 Å². The van der Waals surface area contributed by atoms with E-state index < -0.39 is 5.91 Å². The lowest BCUT2D eigenvalue weighted by Gasteiger charge is -2.24. The lowest BCUT2D eigenvalue weighted by atomic mass is 10.0. The molecule has 1 aromatic rings. The maximum absolute atomic E-state index is 11.1. The number of anilines is 1. The first-order valence-corrected chi connectivity index (χ1v) is 7.07. The molecule has 1 fully saturated rings. The zero-order valence-corrected chi connectivity index (χ0v) is 11.6. The van der Waals surface area contributed by atoms with Crippen LogP contribution in [-0.2, 0) is 0 Å². The van der Waals surface area contributed by atoms with Crippen molar-refractivity contribution in [3.05, 3.63) is 28.8 Å². The Hall–Kier alpha value is -1.26. The largest absolute Gasteiger partial charge is 0.381 e. The molecule has 1 aliphatic rings. The first kappa shape index (κ1) is 14.2. The predicted octanol–water partition coefficient (Wildman–Crippen LogP) is 2.51. The summed E-state index contributed by atoms with van der Waals surface area (Å²) in [5, 5.41) is 3.79. The van der Waals surface area contributed by atoms with E-state index in [2.05, 4.69) is 5.32 Å². The van der Waals surface area contributed by atoms with Gasteiger partial charge >= 0.3 is 0 Å². The Morgan fingerprint density at radius 3 is 2.68 bits per heavy atom. The van der Waals surface area contributed by atoms with Gasteiger partial charge in [-0.15, -0.1) is 0 Å². The summed E-state index contributed by atoms with van der Waals surface area (Å²) in [7, 11) is 0. The molecule has 19 heavy (non-hydrogen) atoms. The van der Waals surface area contributed by atoms with E-state index in [0.29, 0.717) is 10.6 Å². The minimum atomic E-state index is -0.511. The lowest BCUT2D eigenvalue weighted by Crippen LogP contribution is -2.39. The van der Waals surface area contributed by atoms with Crippen LogP contribution in [0.4, 0.5) is 5.69 Å². The van der Waals surface area contributed by atoms with E-state index in [0.717, 1.165) is 18.5 Å². The molecule has 2 rings (SSSR count). The van der Waals surface area contributed by atoms with Crippen LogP contribution in [0.15, 0.2) is 18.2 Å². The number of halogens is 1. The van der Waals surface area contributed by atoms with Crippen molar-refractivity contribution >= 4 is 23.2 Å². The number of carbonyl (C=O) groups is 1. The van der Waals surface area contributed by atoms with Crippen molar-refractivity contribution in [3.63, 3.8) is 0 Å². The van der Waals surface area contributed by atoms with Gasteiger partial charge in [-0.1, -0.05) is 30.9 Å². The molecule has 1 aromatic carbocycles. The third kappa shape index (κ3) is 3.61. The van der Waals surface area contributed by atoms with E-state index in [1.165, 1.54) is 19.3 Å². The molecule has 0 aromatic heterocycles. The van der Waals surface area contributed by atoms with Crippen molar-refractivity contribution in [2.45, 2.75) is 44.2 Å². The number of primary amides is 1. The van der Waals surface area contributed by atoms with Crippen LogP contribution in [0.25, 0.3) is 0 Å². The fourth-order valence-electron chi connectivity index (χ4n) is 2.53. The van der Waals surface area contributed by atoms with Gasteiger partial charge in [-0.2, -0.15) is 0 Å². The third-order valence-electron chi connectivity index (χ3n) is 3.66. The quantitative estimate of drug-likeness (QED) is 0.745. The molecule has 0 aliphatic heterocycles. The molecule has 0 radical (unpaired) electrons. The van der Waals surface area contributed by atoms with Gasteiger partial charge in [-0.3, -0.25) is 4.79 Å². The van der Waals surface area contributed by atoms with E-state index in [4.69, 9.17) is 23.1 Å². The highest BCUT2D eigenvalue weighted by molar-refractivity contribution is 6.34. The summed E-state index contributed by atoms with van der Waals surface area (Å²) < 4.78 is 0. The topological polar surface area (TPSA) is 81.1 Å². The summed E-state index contributed by atoms with van der Waals surface area (Å²) in [5.74, 6) is -0.511. The van der Waals surface area contributed by atoms with Gasteiger partial charge < -0.3 is 16.8 Å². The maximum Gasteiger partial charge on any atom is 0.250 e. The van der Waals surface area contributed by atoms with E-state index in [1.807, 2.05) is 6.07 Å². The van der Waals surface area contributed by atoms with Crippen molar-refractivity contribution in [2.75, 3.05) is 5.32 Å². The predicted molar refractivity (Wildman–Crippen MR) is 78.4 cm³/mol. The minimum absolute atomic E-state index is 0.164. The van der Waals surface area contributed by atoms with E-state index in [9.17, 15) is 4.79 Å². The molecule has 1 saturated carbocycles. The van der Waals surface area contributed by atoms with Crippen molar-refractivity contribution < 1.29 is 4.79 Å². The van der Waals surface area contributed by atoms with E-state index in [1.54, 1.807) is 12.1 Å². The van der Waals surface area contributed by atoms with Crippen LogP contribution in [0.1, 0.15) is 42.5 Å². The number of nitrogens with two attached hydrogens (primary N) is 2. The Labute approximate surface area is 118 Å². The Morgan fingerprint density at radius 2 is 2.00 bits per heavy atom. The van der Waals surface area contributed by atoms with Crippen LogP contribution in [0, 0.1) is 0 Å². The zero-order valence-electron chi connectivity index (χ0n) is 10.9. The fourth-order valence-corrected chi connectivity index (χ4v) is 2.81. The molecule has 0 spiro atoms. The van der Waals surface area contributed by atoms with Crippen molar-refractivity contribution in [1.29, 1.82) is 0 Å². The summed E-state index contributed by atoms with van der Waals surface area (Å²) in [5.41, 5.74) is 12.6. The molecule has 1 amide bonds. The summed E-state index contributed by atoms with van der Waals surface area (Å²) in [6.07, 6.45) is 5.74. The van der Waals surface area contributed by atoms with Crippen LogP contribution in [0.2, 0.25) is 5.02 Å². The molecular weight excluding hydrogens is 262 g/mol. The van der Waals surface area contributed by atoms with Crippen LogP contribution in [-0.4, -0.2) is 18.0 Å². The lowest BCUT2D eigenvalue weighted by molar-refractivity contribution is 0.100. The van der Waals surface area contributed by atoms with Gasteiger partial charge in [0.05, 0.1) is 10.6 Å². The SMILES string of the molecule is NC(=O)c1ccc(NC2CCCCCC2N)cc1Cl. The number of benzene rings is 1. The zero-order chi connectivity index (χ0) is 13.8. The molecule has 104 valence electrons. The Bertz CT molecular complexity index is 464. The molecule has 1 aliphatic carbocycles. The smallest absolute Gasteiger partial charge is 0.250 e. The van der Waals surface area contributed by atoms with Crippen molar-refractivity contribution in [2.24, 2.45) is 11.5 Å². The molecule has 2 atom stereocenters. The molecule has 5 N–H and O–H groups in total. The molecule has 0 bridgehead atoms. The summed E-state index contributed by atoms with van der Waals surface area (Å²) in [6.45, 7) is 0. The summed E-state index contributed by atoms with van der Waals surface area (Å²) >= 11 is 6.04. The molecule has 5 heteroatoms. The number of hydrogen-bond acceptors (Lipinski definition) is 3. The first-order valence-electron chi connectivity index (χ1n) is 6.69. The van der Waals surface area contributed by atoms with Crippen LogP contribution >= 0.6 is 11.6 Å². The average Bonchev–Trinajstić information content (AvgIpc) is 2.55. The molecule has 0 heterocycles. The Balaban J connectivity index is 2.10. The second-order valence-electron chi connectivity index (χ2n) is 5.11. The standard InChI is InChI=1S/C14H20ClN3O/c15-11-8-9(6-7-10(11)14(17)19)18-13-5-3-1-2-4-12(13)16/h6-8,12-13,18H,1-5,16H2,(H2,17,19). The summed E-state index contributed by atoms with van der Waals surface area (Å²) in [6, 6.07) is 5.63. The summed E-state index contributed by atoms with van der Waals surface area (Å²) in [4.78, 5) is 11.1. The average molecular weight is 282 g/mol. The van der Waals surface area contributed by atoms with Gasteiger partial charge in [0.2, 0.25) is 5.91 Å². The monoisotopic (exact) mass is 281 g/mol. The van der Waals surface area contributed by atoms with Gasteiger partial charge in [0.25, 0.3) is 0 Å². The Morgan fingerprint density at radius 1 is 1.26 bits per heavy atom. The number of hydrogen-bond donors (Lipinski definition) is 3. The van der Waals surface area contributed by atoms with Crippen LogP contribution < -0.4 is 16.8 Å². The van der Waals surface area contributed by atoms with Crippen LogP contribution in [0.3, 0.4) is 0 Å².